The third-order valence-electron chi connectivity index (χ3n) is 4.97. The Morgan fingerprint density at radius 3 is 2.38 bits per heavy atom. The molecule has 124 valence electrons. The van der Waals surface area contributed by atoms with Gasteiger partial charge in [0.15, 0.2) is 0 Å². The van der Waals surface area contributed by atoms with Crippen LogP contribution in [0.15, 0.2) is 0 Å². The van der Waals surface area contributed by atoms with Gasteiger partial charge < -0.3 is 15.5 Å². The predicted molar refractivity (Wildman–Crippen MR) is 89.3 cm³/mol. The van der Waals surface area contributed by atoms with Crippen molar-refractivity contribution in [1.29, 1.82) is 0 Å². The summed E-state index contributed by atoms with van der Waals surface area (Å²) in [5.41, 5.74) is 0.0805. The SMILES string of the molecule is CC(CC(=O)NC(C)C(C)(C)CN(C)C)C1CCNCC1. The molecule has 0 radical (unpaired) electrons. The lowest BCUT2D eigenvalue weighted by atomic mass is 9.83. The molecule has 0 spiro atoms. The van der Waals surface area contributed by atoms with Gasteiger partial charge in [-0.15, -0.1) is 0 Å². The molecule has 0 saturated carbocycles. The van der Waals surface area contributed by atoms with E-state index in [1.807, 2.05) is 0 Å². The summed E-state index contributed by atoms with van der Waals surface area (Å²) in [6.45, 7) is 12.0. The average Bonchev–Trinajstić information content (AvgIpc) is 2.37. The van der Waals surface area contributed by atoms with Gasteiger partial charge in [-0.25, -0.2) is 0 Å². The molecule has 0 aromatic rings. The maximum absolute atomic E-state index is 12.3. The minimum atomic E-state index is 0.0805. The summed E-state index contributed by atoms with van der Waals surface area (Å²) in [5.74, 6) is 1.39. The Morgan fingerprint density at radius 2 is 1.86 bits per heavy atom. The van der Waals surface area contributed by atoms with Gasteiger partial charge in [-0.1, -0.05) is 20.8 Å². The van der Waals surface area contributed by atoms with Crippen LogP contribution in [-0.2, 0) is 4.79 Å². The highest BCUT2D eigenvalue weighted by Crippen LogP contribution is 2.25. The van der Waals surface area contributed by atoms with Gasteiger partial charge in [-0.3, -0.25) is 4.79 Å². The van der Waals surface area contributed by atoms with Crippen LogP contribution in [0.1, 0.15) is 47.0 Å². The fraction of sp³-hybridized carbons (Fsp3) is 0.941. The maximum atomic E-state index is 12.3. The van der Waals surface area contributed by atoms with E-state index < -0.39 is 0 Å². The van der Waals surface area contributed by atoms with Gasteiger partial charge in [-0.05, 0) is 64.2 Å². The van der Waals surface area contributed by atoms with Crippen LogP contribution < -0.4 is 10.6 Å². The van der Waals surface area contributed by atoms with Crippen molar-refractivity contribution >= 4 is 5.91 Å². The van der Waals surface area contributed by atoms with E-state index in [9.17, 15) is 4.79 Å². The molecule has 0 bridgehead atoms. The molecule has 1 rings (SSSR count). The summed E-state index contributed by atoms with van der Waals surface area (Å²) in [6, 6.07) is 0.188. The molecule has 21 heavy (non-hydrogen) atoms. The molecular weight excluding hydrogens is 262 g/mol. The lowest BCUT2D eigenvalue weighted by Crippen LogP contribution is -2.47. The lowest BCUT2D eigenvalue weighted by Gasteiger charge is -2.35. The molecule has 1 aliphatic rings. The van der Waals surface area contributed by atoms with E-state index in [4.69, 9.17) is 0 Å². The standard InChI is InChI=1S/C17H35N3O/c1-13(15-7-9-18-10-8-15)11-16(21)19-14(2)17(3,4)12-20(5)6/h13-15,18H,7-12H2,1-6H3,(H,19,21). The Kier molecular flexibility index (Phi) is 7.14. The third-order valence-corrected chi connectivity index (χ3v) is 4.97. The number of hydrogen-bond donors (Lipinski definition) is 2. The maximum Gasteiger partial charge on any atom is 0.220 e. The molecule has 1 amide bonds. The first-order valence-electron chi connectivity index (χ1n) is 8.37. The average molecular weight is 297 g/mol. The summed E-state index contributed by atoms with van der Waals surface area (Å²) >= 11 is 0. The van der Waals surface area contributed by atoms with Crippen molar-refractivity contribution in [2.45, 2.75) is 53.0 Å². The zero-order chi connectivity index (χ0) is 16.0. The van der Waals surface area contributed by atoms with Crippen molar-refractivity contribution in [3.63, 3.8) is 0 Å². The summed E-state index contributed by atoms with van der Waals surface area (Å²) < 4.78 is 0. The van der Waals surface area contributed by atoms with E-state index >= 15 is 0 Å². The first-order valence-corrected chi connectivity index (χ1v) is 8.37. The van der Waals surface area contributed by atoms with Gasteiger partial charge >= 0.3 is 0 Å². The zero-order valence-electron chi connectivity index (χ0n) is 14.8. The topological polar surface area (TPSA) is 44.4 Å². The molecule has 0 aromatic heterocycles. The monoisotopic (exact) mass is 297 g/mol. The van der Waals surface area contributed by atoms with Crippen molar-refractivity contribution in [2.24, 2.45) is 17.3 Å². The molecule has 0 aromatic carbocycles. The number of carbonyl (C=O) groups excluding carboxylic acids is 1. The lowest BCUT2D eigenvalue weighted by molar-refractivity contribution is -0.123. The van der Waals surface area contributed by atoms with Gasteiger partial charge in [0.25, 0.3) is 0 Å². The van der Waals surface area contributed by atoms with Crippen molar-refractivity contribution in [1.82, 2.24) is 15.5 Å². The molecule has 1 saturated heterocycles. The zero-order valence-corrected chi connectivity index (χ0v) is 14.8. The molecule has 2 N–H and O–H groups in total. The number of piperidine rings is 1. The molecule has 2 atom stereocenters. The van der Waals surface area contributed by atoms with Crippen LogP contribution in [0.2, 0.25) is 0 Å². The Morgan fingerprint density at radius 1 is 1.29 bits per heavy atom. The Bertz CT molecular complexity index is 322. The fourth-order valence-corrected chi connectivity index (χ4v) is 3.32. The van der Waals surface area contributed by atoms with Crippen LogP contribution in [0.3, 0.4) is 0 Å². The molecular formula is C17H35N3O. The van der Waals surface area contributed by atoms with Crippen LogP contribution in [0.5, 0.6) is 0 Å². The number of carbonyl (C=O) groups is 1. The van der Waals surface area contributed by atoms with Gasteiger partial charge in [0.05, 0.1) is 0 Å². The molecule has 1 aliphatic heterocycles. The van der Waals surface area contributed by atoms with Gasteiger partial charge in [0.2, 0.25) is 5.91 Å². The van der Waals surface area contributed by atoms with Crippen LogP contribution >= 0.6 is 0 Å². The number of nitrogens with one attached hydrogen (secondary N) is 2. The summed E-state index contributed by atoms with van der Waals surface area (Å²) in [5, 5.41) is 6.60. The van der Waals surface area contributed by atoms with Gasteiger partial charge in [0.1, 0.15) is 0 Å². The minimum Gasteiger partial charge on any atom is -0.353 e. The molecule has 4 heteroatoms. The van der Waals surface area contributed by atoms with Crippen molar-refractivity contribution < 1.29 is 4.79 Å². The Labute approximate surface area is 131 Å². The van der Waals surface area contributed by atoms with Crippen LogP contribution in [0.4, 0.5) is 0 Å². The fourth-order valence-electron chi connectivity index (χ4n) is 3.32. The first-order chi connectivity index (χ1) is 9.72. The van der Waals surface area contributed by atoms with Crippen molar-refractivity contribution in [3.8, 4) is 0 Å². The largest absolute Gasteiger partial charge is 0.353 e. The van der Waals surface area contributed by atoms with Crippen LogP contribution in [0, 0.1) is 17.3 Å². The third kappa shape index (κ3) is 6.35. The highest BCUT2D eigenvalue weighted by Gasteiger charge is 2.29. The second-order valence-electron chi connectivity index (χ2n) is 7.78. The summed E-state index contributed by atoms with van der Waals surface area (Å²) in [4.78, 5) is 14.5. The predicted octanol–water partition coefficient (Wildman–Crippen LogP) is 2.10. The Balaban J connectivity index is 2.41. The second-order valence-corrected chi connectivity index (χ2v) is 7.78. The molecule has 1 heterocycles. The van der Waals surface area contributed by atoms with Gasteiger partial charge in [-0.2, -0.15) is 0 Å². The summed E-state index contributed by atoms with van der Waals surface area (Å²) in [7, 11) is 4.16. The van der Waals surface area contributed by atoms with Crippen LogP contribution in [0.25, 0.3) is 0 Å². The van der Waals surface area contributed by atoms with E-state index in [0.717, 1.165) is 19.6 Å². The highest BCUT2D eigenvalue weighted by molar-refractivity contribution is 5.76. The molecule has 2 unspecified atom stereocenters. The first kappa shape index (κ1) is 18.4. The number of rotatable bonds is 7. The van der Waals surface area contributed by atoms with E-state index in [2.05, 4.69) is 57.3 Å². The van der Waals surface area contributed by atoms with E-state index in [-0.39, 0.29) is 17.4 Å². The number of hydrogen-bond acceptors (Lipinski definition) is 3. The molecule has 0 aliphatic carbocycles. The van der Waals surface area contributed by atoms with Crippen molar-refractivity contribution in [3.05, 3.63) is 0 Å². The number of nitrogens with zero attached hydrogens (tertiary/aromatic N) is 1. The quantitative estimate of drug-likeness (QED) is 0.756. The van der Waals surface area contributed by atoms with E-state index in [1.165, 1.54) is 12.8 Å². The van der Waals surface area contributed by atoms with Crippen LogP contribution in [-0.4, -0.2) is 50.6 Å². The number of amides is 1. The highest BCUT2D eigenvalue weighted by atomic mass is 16.1. The van der Waals surface area contributed by atoms with Gasteiger partial charge in [0, 0.05) is 19.0 Å². The normalized spacial score (nSPS) is 20.3. The second kappa shape index (κ2) is 8.14. The molecule has 1 fully saturated rings. The van der Waals surface area contributed by atoms with E-state index in [1.54, 1.807) is 0 Å². The summed E-state index contributed by atoms with van der Waals surface area (Å²) in [6.07, 6.45) is 3.07. The Hall–Kier alpha value is -0.610. The smallest absolute Gasteiger partial charge is 0.220 e. The van der Waals surface area contributed by atoms with Crippen molar-refractivity contribution in [2.75, 3.05) is 33.7 Å². The minimum absolute atomic E-state index is 0.0805. The van der Waals surface area contributed by atoms with E-state index in [0.29, 0.717) is 18.3 Å². The molecule has 4 nitrogen and oxygen atoms in total.